The quantitative estimate of drug-likeness (QED) is 0.0480. The molecule has 0 radical (unpaired) electrons. The topological polar surface area (TPSA) is 345 Å². The van der Waals surface area contributed by atoms with Crippen molar-refractivity contribution in [3.63, 3.8) is 0 Å². The number of benzene rings is 1. The van der Waals surface area contributed by atoms with Crippen molar-refractivity contribution in [1.29, 1.82) is 0 Å². The molecule has 0 bridgehead atoms. The Hall–Kier alpha value is -5.99. The minimum atomic E-state index is -1.51. The van der Waals surface area contributed by atoms with E-state index in [9.17, 15) is 53.4 Å². The van der Waals surface area contributed by atoms with Gasteiger partial charge in [0.1, 0.15) is 24.2 Å². The fraction of sp³-hybridized carbons (Fsp3) is 0.605. The second kappa shape index (κ2) is 28.4. The number of hydrogen-bond donors (Lipinski definition) is 12. The third-order valence-corrected chi connectivity index (χ3v) is 8.92. The van der Waals surface area contributed by atoms with Crippen LogP contribution in [-0.2, 0) is 40.2 Å². The number of aliphatic hydroxyl groups excluding tert-OH is 1. The highest BCUT2D eigenvalue weighted by molar-refractivity contribution is 5.98. The highest BCUT2D eigenvalue weighted by Gasteiger charge is 2.29. The first-order valence-electron chi connectivity index (χ1n) is 19.6. The molecule has 21 heteroatoms. The summed E-state index contributed by atoms with van der Waals surface area (Å²) in [5, 5.41) is 54.2. The van der Waals surface area contributed by atoms with E-state index in [0.717, 1.165) is 0 Å². The Labute approximate surface area is 342 Å². The van der Waals surface area contributed by atoms with E-state index in [2.05, 4.69) is 37.2 Å². The number of aliphatic carboxylic acids is 3. The highest BCUT2D eigenvalue weighted by Crippen LogP contribution is 2.13. The predicted molar refractivity (Wildman–Crippen MR) is 212 cm³/mol. The lowest BCUT2D eigenvalue weighted by Crippen LogP contribution is -2.54. The number of urea groups is 2. The molecule has 1 aromatic carbocycles. The number of unbranched alkanes of at least 4 members (excludes halogenated alkanes) is 4. The molecule has 0 saturated carbocycles. The molecule has 330 valence electrons. The van der Waals surface area contributed by atoms with E-state index in [1.54, 1.807) is 38.1 Å². The largest absolute Gasteiger partial charge is 0.481 e. The Bertz CT molecular complexity index is 1560. The maximum absolute atomic E-state index is 13.3. The van der Waals surface area contributed by atoms with Gasteiger partial charge in [0.15, 0.2) is 0 Å². The average Bonchev–Trinajstić information content (AvgIpc) is 3.16. The fourth-order valence-corrected chi connectivity index (χ4v) is 5.61. The number of primary amides is 1. The van der Waals surface area contributed by atoms with Crippen LogP contribution >= 0.6 is 0 Å². The van der Waals surface area contributed by atoms with E-state index < -0.39 is 72.4 Å². The van der Waals surface area contributed by atoms with E-state index in [-0.39, 0.29) is 69.5 Å². The molecular formula is C38H60N8O13. The van der Waals surface area contributed by atoms with E-state index >= 15 is 0 Å². The number of carbonyl (C=O) groups excluding carboxylic acids is 6. The summed E-state index contributed by atoms with van der Waals surface area (Å²) in [5.74, 6) is -6.00. The molecule has 0 fully saturated rings. The lowest BCUT2D eigenvalue weighted by Gasteiger charge is -2.25. The second-order valence-corrected chi connectivity index (χ2v) is 14.2. The van der Waals surface area contributed by atoms with Crippen LogP contribution < -0.4 is 43.0 Å². The molecule has 1 rings (SSSR count). The molecule has 21 nitrogen and oxygen atoms in total. The van der Waals surface area contributed by atoms with Gasteiger partial charge < -0.3 is 63.4 Å². The molecule has 59 heavy (non-hydrogen) atoms. The molecule has 4 atom stereocenters. The monoisotopic (exact) mass is 836 g/mol. The lowest BCUT2D eigenvalue weighted by molar-refractivity contribution is -0.141. The smallest absolute Gasteiger partial charge is 0.326 e. The molecule has 0 heterocycles. The summed E-state index contributed by atoms with van der Waals surface area (Å²) in [4.78, 5) is 108. The number of anilines is 1. The number of hydrogen-bond acceptors (Lipinski definition) is 10. The zero-order chi connectivity index (χ0) is 44.3. The number of carboxylic acids is 3. The maximum atomic E-state index is 13.3. The molecule has 0 spiro atoms. The summed E-state index contributed by atoms with van der Waals surface area (Å²) in [6, 6.07) is -0.0617. The van der Waals surface area contributed by atoms with Crippen molar-refractivity contribution in [2.75, 3.05) is 18.4 Å². The first-order chi connectivity index (χ1) is 27.9. The minimum absolute atomic E-state index is 0.000442. The van der Waals surface area contributed by atoms with Crippen LogP contribution in [0.3, 0.4) is 0 Å². The molecule has 0 aliphatic carbocycles. The summed E-state index contributed by atoms with van der Waals surface area (Å²) in [6.45, 7) is 3.78. The van der Waals surface area contributed by atoms with Crippen LogP contribution in [-0.4, -0.2) is 111 Å². The maximum Gasteiger partial charge on any atom is 0.326 e. The normalized spacial score (nSPS) is 12.8. The van der Waals surface area contributed by atoms with Crippen LogP contribution in [0.2, 0.25) is 0 Å². The van der Waals surface area contributed by atoms with Gasteiger partial charge in [-0.3, -0.25) is 24.0 Å². The third-order valence-electron chi connectivity index (χ3n) is 8.92. The van der Waals surface area contributed by atoms with E-state index in [1.165, 1.54) is 0 Å². The van der Waals surface area contributed by atoms with Gasteiger partial charge in [-0.05, 0) is 75.0 Å². The first kappa shape index (κ1) is 51.0. The molecule has 4 unspecified atom stereocenters. The summed E-state index contributed by atoms with van der Waals surface area (Å²) in [5.41, 5.74) is 6.22. The van der Waals surface area contributed by atoms with Crippen molar-refractivity contribution in [2.24, 2.45) is 11.7 Å². The van der Waals surface area contributed by atoms with Gasteiger partial charge in [0.25, 0.3) is 0 Å². The Morgan fingerprint density at radius 2 is 1.15 bits per heavy atom. The molecule has 0 aliphatic heterocycles. The van der Waals surface area contributed by atoms with E-state index in [4.69, 9.17) is 15.9 Å². The van der Waals surface area contributed by atoms with Gasteiger partial charge in [0, 0.05) is 38.0 Å². The average molecular weight is 837 g/mol. The zero-order valence-corrected chi connectivity index (χ0v) is 33.6. The highest BCUT2D eigenvalue weighted by atomic mass is 16.4. The van der Waals surface area contributed by atoms with Gasteiger partial charge in [-0.25, -0.2) is 19.2 Å². The van der Waals surface area contributed by atoms with Gasteiger partial charge in [-0.2, -0.15) is 0 Å². The fourth-order valence-electron chi connectivity index (χ4n) is 5.61. The number of rotatable bonds is 30. The molecule has 0 saturated heterocycles. The summed E-state index contributed by atoms with van der Waals surface area (Å²) in [7, 11) is 0. The van der Waals surface area contributed by atoms with Crippen molar-refractivity contribution in [1.82, 2.24) is 31.9 Å². The Balaban J connectivity index is 2.45. The zero-order valence-electron chi connectivity index (χ0n) is 33.6. The van der Waals surface area contributed by atoms with Crippen molar-refractivity contribution in [3.8, 4) is 0 Å². The number of carbonyl (C=O) groups is 9. The van der Waals surface area contributed by atoms with Crippen molar-refractivity contribution in [3.05, 3.63) is 29.8 Å². The van der Waals surface area contributed by atoms with Crippen LogP contribution in [0.25, 0.3) is 0 Å². The molecule has 1 aromatic rings. The van der Waals surface area contributed by atoms with Crippen molar-refractivity contribution in [2.45, 2.75) is 128 Å². The SMILES string of the molecule is CC(C)C(NC(=O)CCCCCCC(=O)NCCCCC(NC(=O)NC(CCC(=O)O)C(=O)O)C(=O)O)C(=O)NC(CCCNC(N)=O)C(=O)Nc1ccc(CO)cc1. The van der Waals surface area contributed by atoms with Gasteiger partial charge >= 0.3 is 30.0 Å². The van der Waals surface area contributed by atoms with Gasteiger partial charge in [-0.1, -0.05) is 38.8 Å². The Morgan fingerprint density at radius 3 is 1.69 bits per heavy atom. The third kappa shape index (κ3) is 23.1. The molecular weight excluding hydrogens is 776 g/mol. The minimum Gasteiger partial charge on any atom is -0.481 e. The van der Waals surface area contributed by atoms with E-state index in [0.29, 0.717) is 56.2 Å². The van der Waals surface area contributed by atoms with Crippen LogP contribution in [0.5, 0.6) is 0 Å². The van der Waals surface area contributed by atoms with Gasteiger partial charge in [0.05, 0.1) is 6.61 Å². The van der Waals surface area contributed by atoms with E-state index in [1.807, 2.05) is 0 Å². The van der Waals surface area contributed by atoms with Gasteiger partial charge in [0.2, 0.25) is 23.6 Å². The number of nitrogens with two attached hydrogens (primary N) is 1. The van der Waals surface area contributed by atoms with Crippen molar-refractivity contribution >= 4 is 59.3 Å². The number of carboxylic acid groups (broad SMARTS) is 3. The Kier molecular flexibility index (Phi) is 24.6. The van der Waals surface area contributed by atoms with Crippen LogP contribution in [0.15, 0.2) is 24.3 Å². The molecule has 13 N–H and O–H groups in total. The second-order valence-electron chi connectivity index (χ2n) is 14.2. The number of nitrogens with one attached hydrogen (secondary N) is 7. The van der Waals surface area contributed by atoms with Gasteiger partial charge in [-0.15, -0.1) is 0 Å². The lowest BCUT2D eigenvalue weighted by atomic mass is 10.0. The molecule has 0 aromatic heterocycles. The first-order valence-corrected chi connectivity index (χ1v) is 19.6. The van der Waals surface area contributed by atoms with Crippen LogP contribution in [0, 0.1) is 5.92 Å². The number of amides is 8. The Morgan fingerprint density at radius 1 is 0.593 bits per heavy atom. The summed E-state index contributed by atoms with van der Waals surface area (Å²) >= 11 is 0. The molecule has 8 amide bonds. The predicted octanol–water partition coefficient (Wildman–Crippen LogP) is 0.889. The molecule has 0 aliphatic rings. The van der Waals surface area contributed by atoms with Crippen molar-refractivity contribution < 1.29 is 63.6 Å². The standard InChI is InChI=1S/C38H60N8O13/c1-23(2)32(34(53)43-26(11-9-21-41-37(39)58)33(52)42-25-16-14-24(22-47)15-17-25)46-30(49)13-6-4-3-5-12-29(48)40-20-8-7-10-27(35(54)55)44-38(59)45-28(36(56)57)18-19-31(50)51/h14-17,23,26-28,32,47H,3-13,18-22H2,1-2H3,(H,40,48)(H,42,52)(H,43,53)(H,46,49)(H,50,51)(H,54,55)(H,56,57)(H3,39,41,58)(H2,44,45,59). The van der Waals surface area contributed by atoms with Crippen LogP contribution in [0.1, 0.15) is 103 Å². The summed E-state index contributed by atoms with van der Waals surface area (Å²) < 4.78 is 0. The van der Waals surface area contributed by atoms with Crippen LogP contribution in [0.4, 0.5) is 15.3 Å². The number of aliphatic hydroxyl groups is 1. The summed E-state index contributed by atoms with van der Waals surface area (Å²) in [6.07, 6.45) is 3.04.